The number of hydrogen-bond donors (Lipinski definition) is 2. The van der Waals surface area contributed by atoms with E-state index in [1.165, 1.54) is 6.08 Å². The molecule has 0 saturated carbocycles. The van der Waals surface area contributed by atoms with Crippen molar-refractivity contribution in [1.29, 1.82) is 0 Å². The number of hydrogen-bond acceptors (Lipinski definition) is 4. The van der Waals surface area contributed by atoms with Crippen molar-refractivity contribution in [3.8, 4) is 11.5 Å². The first-order chi connectivity index (χ1) is 10.7. The van der Waals surface area contributed by atoms with Crippen LogP contribution in [0.2, 0.25) is 0 Å². The summed E-state index contributed by atoms with van der Waals surface area (Å²) in [6.45, 7) is 5.50. The second-order valence-electron chi connectivity index (χ2n) is 6.19. The first-order valence-electron chi connectivity index (χ1n) is 7.18. The predicted molar refractivity (Wildman–Crippen MR) is 89.2 cm³/mol. The Labute approximate surface area is 136 Å². The molecule has 0 fully saturated rings. The molecule has 23 heavy (non-hydrogen) atoms. The van der Waals surface area contributed by atoms with Gasteiger partial charge in [-0.25, -0.2) is 0 Å². The highest BCUT2D eigenvalue weighted by atomic mass is 16.5. The zero-order chi connectivity index (χ0) is 17.6. The minimum atomic E-state index is -0.750. The first kappa shape index (κ1) is 18.5. The van der Waals surface area contributed by atoms with Crippen LogP contribution < -0.4 is 20.5 Å². The summed E-state index contributed by atoms with van der Waals surface area (Å²) in [5.41, 5.74) is 5.62. The van der Waals surface area contributed by atoms with Gasteiger partial charge in [0.1, 0.15) is 17.5 Å². The summed E-state index contributed by atoms with van der Waals surface area (Å²) in [7, 11) is 3.10. The molecule has 1 aromatic carbocycles. The molecule has 0 radical (unpaired) electrons. The summed E-state index contributed by atoms with van der Waals surface area (Å²) in [5.74, 6) is 0.274. The summed E-state index contributed by atoms with van der Waals surface area (Å²) in [6, 6.07) is 4.52. The van der Waals surface area contributed by atoms with Gasteiger partial charge in [0.15, 0.2) is 0 Å². The molecule has 0 aromatic heterocycles. The lowest BCUT2D eigenvalue weighted by atomic mass is 9.86. The molecule has 0 aliphatic carbocycles. The van der Waals surface area contributed by atoms with Crippen LogP contribution in [-0.2, 0) is 9.59 Å². The lowest BCUT2D eigenvalue weighted by Gasteiger charge is -2.28. The molecule has 0 saturated heterocycles. The SMILES string of the molecule is COc1cc(/C=C\C(=O)N[C@@H](C(N)=O)C(C)(C)C)cc(OC)c1. The zero-order valence-corrected chi connectivity index (χ0v) is 14.2. The first-order valence-corrected chi connectivity index (χ1v) is 7.18. The van der Waals surface area contributed by atoms with Crippen LogP contribution in [0.25, 0.3) is 6.08 Å². The maximum Gasteiger partial charge on any atom is 0.244 e. The van der Waals surface area contributed by atoms with E-state index < -0.39 is 23.3 Å². The smallest absolute Gasteiger partial charge is 0.244 e. The fourth-order valence-electron chi connectivity index (χ4n) is 2.00. The third kappa shape index (κ3) is 5.65. The Morgan fingerprint density at radius 1 is 1.13 bits per heavy atom. The van der Waals surface area contributed by atoms with E-state index in [0.717, 1.165) is 5.56 Å². The Balaban J connectivity index is 2.88. The summed E-state index contributed by atoms with van der Waals surface area (Å²) in [5, 5.41) is 2.62. The van der Waals surface area contributed by atoms with Crippen LogP contribution >= 0.6 is 0 Å². The Morgan fingerprint density at radius 3 is 2.04 bits per heavy atom. The highest BCUT2D eigenvalue weighted by Crippen LogP contribution is 2.23. The largest absolute Gasteiger partial charge is 0.497 e. The average molecular weight is 320 g/mol. The molecule has 1 atom stereocenters. The number of carbonyl (C=O) groups is 2. The van der Waals surface area contributed by atoms with Crippen molar-refractivity contribution in [3.05, 3.63) is 29.8 Å². The van der Waals surface area contributed by atoms with Crippen molar-refractivity contribution in [1.82, 2.24) is 5.32 Å². The van der Waals surface area contributed by atoms with Crippen LogP contribution in [0.5, 0.6) is 11.5 Å². The number of nitrogens with two attached hydrogens (primary N) is 1. The molecule has 1 aromatic rings. The quantitative estimate of drug-likeness (QED) is 0.781. The van der Waals surface area contributed by atoms with Crippen LogP contribution in [0.4, 0.5) is 0 Å². The molecular formula is C17H24N2O4. The summed E-state index contributed by atoms with van der Waals surface area (Å²) in [4.78, 5) is 23.5. The Bertz CT molecular complexity index is 581. The van der Waals surface area contributed by atoms with Crippen LogP contribution in [0, 0.1) is 5.41 Å². The molecule has 126 valence electrons. The average Bonchev–Trinajstić information content (AvgIpc) is 2.48. The van der Waals surface area contributed by atoms with Gasteiger partial charge in [-0.1, -0.05) is 20.8 Å². The van der Waals surface area contributed by atoms with E-state index in [1.807, 2.05) is 20.8 Å². The maximum absolute atomic E-state index is 12.0. The highest BCUT2D eigenvalue weighted by molar-refractivity contribution is 5.95. The minimum absolute atomic E-state index is 0.398. The predicted octanol–water partition coefficient (Wildman–Crippen LogP) is 1.73. The van der Waals surface area contributed by atoms with Gasteiger partial charge in [-0.05, 0) is 29.2 Å². The van der Waals surface area contributed by atoms with Crippen molar-refractivity contribution in [2.24, 2.45) is 11.1 Å². The van der Waals surface area contributed by atoms with Gasteiger partial charge in [0.05, 0.1) is 14.2 Å². The molecule has 6 nitrogen and oxygen atoms in total. The van der Waals surface area contributed by atoms with Crippen LogP contribution in [0.3, 0.4) is 0 Å². The van der Waals surface area contributed by atoms with Crippen molar-refractivity contribution in [2.45, 2.75) is 26.8 Å². The molecule has 0 aliphatic rings. The molecule has 2 amide bonds. The Hall–Kier alpha value is -2.50. The van der Waals surface area contributed by atoms with Crippen molar-refractivity contribution in [2.75, 3.05) is 14.2 Å². The lowest BCUT2D eigenvalue weighted by Crippen LogP contribution is -2.51. The summed E-state index contributed by atoms with van der Waals surface area (Å²) in [6.07, 6.45) is 2.96. The van der Waals surface area contributed by atoms with E-state index in [2.05, 4.69) is 5.32 Å². The van der Waals surface area contributed by atoms with Gasteiger partial charge in [0.2, 0.25) is 11.8 Å². The molecule has 0 bridgehead atoms. The topological polar surface area (TPSA) is 90.6 Å². The number of carbonyl (C=O) groups excluding carboxylic acids is 2. The van der Waals surface area contributed by atoms with Gasteiger partial charge < -0.3 is 20.5 Å². The van der Waals surface area contributed by atoms with E-state index in [9.17, 15) is 9.59 Å². The summed E-state index contributed by atoms with van der Waals surface area (Å²) >= 11 is 0. The van der Waals surface area contributed by atoms with Gasteiger partial charge in [-0.2, -0.15) is 0 Å². The van der Waals surface area contributed by atoms with E-state index in [4.69, 9.17) is 15.2 Å². The number of nitrogens with one attached hydrogen (secondary N) is 1. The number of rotatable bonds is 6. The van der Waals surface area contributed by atoms with Crippen LogP contribution in [0.15, 0.2) is 24.3 Å². The van der Waals surface area contributed by atoms with Crippen LogP contribution in [0.1, 0.15) is 26.3 Å². The molecule has 0 unspecified atom stereocenters. The van der Waals surface area contributed by atoms with E-state index in [1.54, 1.807) is 38.5 Å². The van der Waals surface area contributed by atoms with E-state index >= 15 is 0 Å². The lowest BCUT2D eigenvalue weighted by molar-refractivity contribution is -0.127. The molecule has 6 heteroatoms. The van der Waals surface area contributed by atoms with Gasteiger partial charge in [0.25, 0.3) is 0 Å². The second-order valence-corrected chi connectivity index (χ2v) is 6.19. The molecular weight excluding hydrogens is 296 g/mol. The van der Waals surface area contributed by atoms with Crippen molar-refractivity contribution < 1.29 is 19.1 Å². The number of benzene rings is 1. The Morgan fingerprint density at radius 2 is 1.65 bits per heavy atom. The monoisotopic (exact) mass is 320 g/mol. The van der Waals surface area contributed by atoms with E-state index in [0.29, 0.717) is 11.5 Å². The fraction of sp³-hybridized carbons (Fsp3) is 0.412. The van der Waals surface area contributed by atoms with Gasteiger partial charge in [-0.15, -0.1) is 0 Å². The number of methoxy groups -OCH3 is 2. The normalized spacial score (nSPS) is 12.7. The minimum Gasteiger partial charge on any atom is -0.497 e. The maximum atomic E-state index is 12.0. The zero-order valence-electron chi connectivity index (χ0n) is 14.2. The molecule has 3 N–H and O–H groups in total. The molecule has 0 aliphatic heterocycles. The third-order valence-corrected chi connectivity index (χ3v) is 3.24. The fourth-order valence-corrected chi connectivity index (χ4v) is 2.00. The second kappa shape index (κ2) is 7.67. The van der Waals surface area contributed by atoms with Gasteiger partial charge >= 0.3 is 0 Å². The van der Waals surface area contributed by atoms with Gasteiger partial charge in [-0.3, -0.25) is 9.59 Å². The van der Waals surface area contributed by atoms with E-state index in [-0.39, 0.29) is 0 Å². The highest BCUT2D eigenvalue weighted by Gasteiger charge is 2.30. The standard InChI is InChI=1S/C17H24N2O4/c1-17(2,3)15(16(18)21)19-14(20)7-6-11-8-12(22-4)10-13(9-11)23-5/h6-10,15H,1-5H3,(H2,18,21)(H,19,20)/b7-6-/t15-/m0/s1. The van der Waals surface area contributed by atoms with Crippen LogP contribution in [-0.4, -0.2) is 32.1 Å². The number of amides is 2. The molecule has 0 heterocycles. The molecule has 0 spiro atoms. The number of primary amides is 1. The number of ether oxygens (including phenoxy) is 2. The third-order valence-electron chi connectivity index (χ3n) is 3.24. The van der Waals surface area contributed by atoms with Crippen molar-refractivity contribution >= 4 is 17.9 Å². The van der Waals surface area contributed by atoms with Crippen molar-refractivity contribution in [3.63, 3.8) is 0 Å². The van der Waals surface area contributed by atoms with Gasteiger partial charge in [0, 0.05) is 12.1 Å². The Kier molecular flexibility index (Phi) is 6.18. The molecule has 1 rings (SSSR count). The summed E-state index contributed by atoms with van der Waals surface area (Å²) < 4.78 is 10.3.